The van der Waals surface area contributed by atoms with Gasteiger partial charge in [0.25, 0.3) is 0 Å². The number of halogens is 4. The van der Waals surface area contributed by atoms with Crippen LogP contribution in [0.3, 0.4) is 0 Å². The zero-order valence-electron chi connectivity index (χ0n) is 11.3. The maximum Gasteiger partial charge on any atom is 0.161 e. The average molecular weight is 499 g/mol. The Hall–Kier alpha value is -0.230. The van der Waals surface area contributed by atoms with Gasteiger partial charge in [-0.2, -0.15) is 0 Å². The molecule has 6 heteroatoms. The molecule has 0 radical (unpaired) electrons. The van der Waals surface area contributed by atoms with Crippen LogP contribution in [0, 0.1) is 0 Å². The van der Waals surface area contributed by atoms with Gasteiger partial charge in [-0.3, -0.25) is 0 Å². The van der Waals surface area contributed by atoms with E-state index in [0.717, 1.165) is 20.1 Å². The standard InChI is InChI=1S/C15H12Br3ClO2/c1-20-13-6-9(11(17)7-14(13)21-2)15(18)8-3-4-10(16)12(19)5-8/h3-7,15H,1-2H3. The highest BCUT2D eigenvalue weighted by molar-refractivity contribution is 9.11. The van der Waals surface area contributed by atoms with E-state index < -0.39 is 0 Å². The number of hydrogen-bond acceptors (Lipinski definition) is 2. The summed E-state index contributed by atoms with van der Waals surface area (Å²) in [6.45, 7) is 0. The molecule has 2 aromatic rings. The van der Waals surface area contributed by atoms with E-state index in [1.54, 1.807) is 14.2 Å². The second kappa shape index (κ2) is 7.36. The lowest BCUT2D eigenvalue weighted by atomic mass is 10.0. The Labute approximate surface area is 154 Å². The van der Waals surface area contributed by atoms with Gasteiger partial charge in [0.05, 0.1) is 24.1 Å². The fraction of sp³-hybridized carbons (Fsp3) is 0.200. The Balaban J connectivity index is 2.47. The van der Waals surface area contributed by atoms with Crippen molar-refractivity contribution in [2.75, 3.05) is 14.2 Å². The molecule has 0 saturated heterocycles. The maximum atomic E-state index is 6.17. The Morgan fingerprint density at radius 1 is 0.952 bits per heavy atom. The van der Waals surface area contributed by atoms with Gasteiger partial charge in [0.2, 0.25) is 0 Å². The zero-order valence-corrected chi connectivity index (χ0v) is 16.8. The van der Waals surface area contributed by atoms with Gasteiger partial charge in [0.15, 0.2) is 11.5 Å². The summed E-state index contributed by atoms with van der Waals surface area (Å²) in [7, 11) is 3.24. The van der Waals surface area contributed by atoms with Gasteiger partial charge >= 0.3 is 0 Å². The van der Waals surface area contributed by atoms with E-state index in [-0.39, 0.29) is 4.83 Å². The molecule has 0 aromatic heterocycles. The van der Waals surface area contributed by atoms with Crippen LogP contribution in [0.25, 0.3) is 0 Å². The average Bonchev–Trinajstić information content (AvgIpc) is 2.49. The molecule has 0 saturated carbocycles. The molecule has 0 aliphatic carbocycles. The first kappa shape index (κ1) is 17.1. The van der Waals surface area contributed by atoms with Gasteiger partial charge < -0.3 is 9.47 Å². The molecule has 0 aliphatic heterocycles. The number of hydrogen-bond donors (Lipinski definition) is 0. The molecule has 0 spiro atoms. The van der Waals surface area contributed by atoms with Crippen LogP contribution in [-0.2, 0) is 0 Å². The number of ether oxygens (including phenoxy) is 2. The molecule has 0 heterocycles. The van der Waals surface area contributed by atoms with Crippen LogP contribution < -0.4 is 9.47 Å². The molecule has 0 amide bonds. The van der Waals surface area contributed by atoms with E-state index in [4.69, 9.17) is 21.1 Å². The zero-order chi connectivity index (χ0) is 15.6. The van der Waals surface area contributed by atoms with Crippen molar-refractivity contribution in [3.05, 3.63) is 55.4 Å². The van der Waals surface area contributed by atoms with Crippen molar-refractivity contribution in [3.8, 4) is 11.5 Å². The molecule has 112 valence electrons. The summed E-state index contributed by atoms with van der Waals surface area (Å²) in [5.74, 6) is 1.37. The van der Waals surface area contributed by atoms with Crippen molar-refractivity contribution >= 4 is 59.4 Å². The van der Waals surface area contributed by atoms with Crippen molar-refractivity contribution in [1.29, 1.82) is 0 Å². The fourth-order valence-corrected chi connectivity index (χ4v) is 3.87. The second-order valence-electron chi connectivity index (χ2n) is 4.26. The Morgan fingerprint density at radius 2 is 1.57 bits per heavy atom. The first-order valence-electron chi connectivity index (χ1n) is 5.98. The number of rotatable bonds is 4. The van der Waals surface area contributed by atoms with E-state index in [1.807, 2.05) is 30.3 Å². The first-order chi connectivity index (χ1) is 9.97. The SMILES string of the molecule is COc1cc(Br)c(C(Br)c2ccc(Br)c(Cl)c2)cc1OC. The van der Waals surface area contributed by atoms with Crippen LogP contribution >= 0.6 is 59.4 Å². The highest BCUT2D eigenvalue weighted by atomic mass is 79.9. The van der Waals surface area contributed by atoms with Crippen LogP contribution in [0.1, 0.15) is 16.0 Å². The third kappa shape index (κ3) is 3.76. The van der Waals surface area contributed by atoms with Crippen molar-refractivity contribution in [1.82, 2.24) is 0 Å². The number of alkyl halides is 1. The minimum atomic E-state index is -0.0164. The molecule has 2 aromatic carbocycles. The summed E-state index contributed by atoms with van der Waals surface area (Å²) in [4.78, 5) is -0.0164. The van der Waals surface area contributed by atoms with E-state index in [9.17, 15) is 0 Å². The van der Waals surface area contributed by atoms with E-state index >= 15 is 0 Å². The molecular weight excluding hydrogens is 487 g/mol. The quantitative estimate of drug-likeness (QED) is 0.456. The van der Waals surface area contributed by atoms with Gasteiger partial charge in [-0.15, -0.1) is 0 Å². The second-order valence-corrected chi connectivity index (χ2v) is 7.30. The van der Waals surface area contributed by atoms with Gasteiger partial charge in [-0.05, 0) is 51.3 Å². The monoisotopic (exact) mass is 496 g/mol. The van der Waals surface area contributed by atoms with Crippen LogP contribution in [0.5, 0.6) is 11.5 Å². The van der Waals surface area contributed by atoms with Gasteiger partial charge in [-0.1, -0.05) is 49.5 Å². The predicted molar refractivity (Wildman–Crippen MR) is 97.2 cm³/mol. The van der Waals surface area contributed by atoms with Crippen molar-refractivity contribution in [3.63, 3.8) is 0 Å². The van der Waals surface area contributed by atoms with Crippen LogP contribution in [0.15, 0.2) is 39.3 Å². The maximum absolute atomic E-state index is 6.17. The third-order valence-electron chi connectivity index (χ3n) is 3.01. The summed E-state index contributed by atoms with van der Waals surface area (Å²) < 4.78 is 12.5. The predicted octanol–water partition coefficient (Wildman–Crippen LogP) is 6.37. The Bertz CT molecular complexity index is 662. The number of methoxy groups -OCH3 is 2. The van der Waals surface area contributed by atoms with Gasteiger partial charge in [0, 0.05) is 8.95 Å². The molecule has 0 N–H and O–H groups in total. The molecule has 0 fully saturated rings. The molecule has 1 unspecified atom stereocenters. The van der Waals surface area contributed by atoms with Crippen molar-refractivity contribution < 1.29 is 9.47 Å². The molecule has 1 atom stereocenters. The van der Waals surface area contributed by atoms with Crippen LogP contribution in [0.4, 0.5) is 0 Å². The number of benzene rings is 2. The van der Waals surface area contributed by atoms with E-state index in [1.165, 1.54) is 0 Å². The highest BCUT2D eigenvalue weighted by Crippen LogP contribution is 2.42. The topological polar surface area (TPSA) is 18.5 Å². The lowest BCUT2D eigenvalue weighted by Crippen LogP contribution is -1.98. The molecule has 21 heavy (non-hydrogen) atoms. The molecular formula is C15H12Br3ClO2. The summed E-state index contributed by atoms with van der Waals surface area (Å²) in [6.07, 6.45) is 0. The Morgan fingerprint density at radius 3 is 2.14 bits per heavy atom. The molecule has 0 bridgehead atoms. The first-order valence-corrected chi connectivity index (χ1v) is 8.86. The van der Waals surface area contributed by atoms with Gasteiger partial charge in [-0.25, -0.2) is 0 Å². The normalized spacial score (nSPS) is 12.1. The van der Waals surface area contributed by atoms with Crippen molar-refractivity contribution in [2.45, 2.75) is 4.83 Å². The van der Waals surface area contributed by atoms with Crippen LogP contribution in [-0.4, -0.2) is 14.2 Å². The lowest BCUT2D eigenvalue weighted by molar-refractivity contribution is 0.354. The van der Waals surface area contributed by atoms with Crippen LogP contribution in [0.2, 0.25) is 5.02 Å². The molecule has 0 aliphatic rings. The Kier molecular flexibility index (Phi) is 6.00. The molecule has 2 nitrogen and oxygen atoms in total. The minimum Gasteiger partial charge on any atom is -0.493 e. The van der Waals surface area contributed by atoms with E-state index in [0.29, 0.717) is 16.5 Å². The van der Waals surface area contributed by atoms with Crippen molar-refractivity contribution in [2.24, 2.45) is 0 Å². The van der Waals surface area contributed by atoms with Gasteiger partial charge in [0.1, 0.15) is 0 Å². The summed E-state index contributed by atoms with van der Waals surface area (Å²) >= 11 is 16.9. The smallest absolute Gasteiger partial charge is 0.161 e. The fourth-order valence-electron chi connectivity index (χ4n) is 1.91. The lowest BCUT2D eigenvalue weighted by Gasteiger charge is -2.16. The highest BCUT2D eigenvalue weighted by Gasteiger charge is 2.18. The molecule has 2 rings (SSSR count). The minimum absolute atomic E-state index is 0.0164. The summed E-state index contributed by atoms with van der Waals surface area (Å²) in [5.41, 5.74) is 2.09. The summed E-state index contributed by atoms with van der Waals surface area (Å²) in [5, 5.41) is 0.675. The summed E-state index contributed by atoms with van der Waals surface area (Å²) in [6, 6.07) is 9.70. The third-order valence-corrected chi connectivity index (χ3v) is 5.95. The largest absolute Gasteiger partial charge is 0.493 e. The van der Waals surface area contributed by atoms with E-state index in [2.05, 4.69) is 47.8 Å².